The van der Waals surface area contributed by atoms with Crippen molar-refractivity contribution in [2.45, 2.75) is 46.2 Å². The molecule has 90 valence electrons. The molecule has 0 aliphatic carbocycles. The van der Waals surface area contributed by atoms with Gasteiger partial charge in [-0.3, -0.25) is 0 Å². The van der Waals surface area contributed by atoms with Crippen LogP contribution in [-0.2, 0) is 6.54 Å². The minimum absolute atomic E-state index is 0.555. The maximum atomic E-state index is 3.53. The average Bonchev–Trinajstić information content (AvgIpc) is 2.27. The molecule has 0 aliphatic heterocycles. The first kappa shape index (κ1) is 13.0. The number of rotatable bonds is 7. The highest BCUT2D eigenvalue weighted by molar-refractivity contribution is 5.46. The van der Waals surface area contributed by atoms with Crippen LogP contribution in [0.25, 0.3) is 0 Å². The Morgan fingerprint density at radius 1 is 1.25 bits per heavy atom. The van der Waals surface area contributed by atoms with E-state index in [1.165, 1.54) is 24.1 Å². The largest absolute Gasteiger partial charge is 0.383 e. The lowest BCUT2D eigenvalue weighted by molar-refractivity contribution is 0.689. The molecule has 0 spiro atoms. The molecule has 0 aliphatic rings. The molecule has 16 heavy (non-hydrogen) atoms. The molecule has 1 aromatic carbocycles. The number of nitrogens with one attached hydrogen (secondary N) is 2. The van der Waals surface area contributed by atoms with E-state index < -0.39 is 0 Å². The van der Waals surface area contributed by atoms with Gasteiger partial charge in [0.2, 0.25) is 0 Å². The number of hydrogen-bond donors (Lipinski definition) is 2. The zero-order valence-electron chi connectivity index (χ0n) is 10.7. The highest BCUT2D eigenvalue weighted by atomic mass is 14.9. The molecule has 0 fully saturated rings. The van der Waals surface area contributed by atoms with Crippen LogP contribution >= 0.6 is 0 Å². The first-order valence-electron chi connectivity index (χ1n) is 6.32. The summed E-state index contributed by atoms with van der Waals surface area (Å²) in [5.41, 5.74) is 2.58. The van der Waals surface area contributed by atoms with Crippen molar-refractivity contribution >= 4 is 5.69 Å². The molecule has 0 amide bonds. The second kappa shape index (κ2) is 7.29. The predicted octanol–water partition coefficient (Wildman–Crippen LogP) is 3.40. The van der Waals surface area contributed by atoms with E-state index in [9.17, 15) is 0 Å². The van der Waals surface area contributed by atoms with Crippen molar-refractivity contribution in [3.05, 3.63) is 29.8 Å². The Hall–Kier alpha value is -1.02. The monoisotopic (exact) mass is 220 g/mol. The smallest absolute Gasteiger partial charge is 0.0345 e. The fraction of sp³-hybridized carbons (Fsp3) is 0.571. The summed E-state index contributed by atoms with van der Waals surface area (Å²) in [6.45, 7) is 8.56. The number of anilines is 1. The van der Waals surface area contributed by atoms with Gasteiger partial charge >= 0.3 is 0 Å². The summed E-state index contributed by atoms with van der Waals surface area (Å²) in [5.74, 6) is 0. The van der Waals surface area contributed by atoms with Gasteiger partial charge in [0.15, 0.2) is 0 Å². The Morgan fingerprint density at radius 2 is 2.06 bits per heavy atom. The van der Waals surface area contributed by atoms with E-state index in [1.807, 2.05) is 0 Å². The van der Waals surface area contributed by atoms with Crippen LogP contribution < -0.4 is 10.6 Å². The molecule has 0 radical (unpaired) electrons. The molecule has 1 rings (SSSR count). The summed E-state index contributed by atoms with van der Waals surface area (Å²) in [7, 11) is 0. The molecular weight excluding hydrogens is 196 g/mol. The average molecular weight is 220 g/mol. The summed E-state index contributed by atoms with van der Waals surface area (Å²) < 4.78 is 0. The minimum Gasteiger partial charge on any atom is -0.383 e. The molecule has 2 N–H and O–H groups in total. The summed E-state index contributed by atoms with van der Waals surface area (Å²) in [6, 6.07) is 9.21. The summed E-state index contributed by atoms with van der Waals surface area (Å²) in [4.78, 5) is 0. The van der Waals surface area contributed by atoms with Crippen molar-refractivity contribution in [1.82, 2.24) is 5.32 Å². The number of benzene rings is 1. The van der Waals surface area contributed by atoms with Crippen molar-refractivity contribution in [2.24, 2.45) is 0 Å². The lowest BCUT2D eigenvalue weighted by Crippen LogP contribution is -2.15. The lowest BCUT2D eigenvalue weighted by atomic mass is 10.1. The van der Waals surface area contributed by atoms with Crippen LogP contribution in [-0.4, -0.2) is 12.6 Å². The first-order valence-corrected chi connectivity index (χ1v) is 6.32. The highest BCUT2D eigenvalue weighted by Gasteiger charge is 2.00. The van der Waals surface area contributed by atoms with Crippen molar-refractivity contribution in [3.63, 3.8) is 0 Å². The van der Waals surface area contributed by atoms with Crippen LogP contribution in [0.5, 0.6) is 0 Å². The van der Waals surface area contributed by atoms with Crippen molar-refractivity contribution in [1.29, 1.82) is 0 Å². The third-order valence-corrected chi connectivity index (χ3v) is 2.64. The quantitative estimate of drug-likeness (QED) is 0.736. The fourth-order valence-electron chi connectivity index (χ4n) is 1.83. The molecule has 2 heteroatoms. The van der Waals surface area contributed by atoms with Crippen molar-refractivity contribution < 1.29 is 0 Å². The van der Waals surface area contributed by atoms with E-state index in [0.717, 1.165) is 13.1 Å². The topological polar surface area (TPSA) is 24.1 Å². The van der Waals surface area contributed by atoms with Crippen LogP contribution in [0.3, 0.4) is 0 Å². The van der Waals surface area contributed by atoms with Crippen LogP contribution in [0.15, 0.2) is 24.3 Å². The normalized spacial score (nSPS) is 12.4. The summed E-state index contributed by atoms with van der Waals surface area (Å²) >= 11 is 0. The Morgan fingerprint density at radius 3 is 2.75 bits per heavy atom. The molecular formula is C14H24N2. The highest BCUT2D eigenvalue weighted by Crippen LogP contribution is 2.13. The number of hydrogen-bond acceptors (Lipinski definition) is 2. The third kappa shape index (κ3) is 4.67. The van der Waals surface area contributed by atoms with E-state index in [1.54, 1.807) is 0 Å². The molecule has 0 saturated carbocycles. The second-order valence-electron chi connectivity index (χ2n) is 4.31. The van der Waals surface area contributed by atoms with Crippen LogP contribution in [0.1, 0.15) is 39.2 Å². The molecule has 1 atom stereocenters. The Bertz CT molecular complexity index is 297. The summed E-state index contributed by atoms with van der Waals surface area (Å²) in [5, 5.41) is 6.87. The van der Waals surface area contributed by atoms with Gasteiger partial charge in [-0.25, -0.2) is 0 Å². The maximum Gasteiger partial charge on any atom is 0.0345 e. The molecule has 0 heterocycles. The van der Waals surface area contributed by atoms with Gasteiger partial charge in [-0.1, -0.05) is 32.4 Å². The zero-order valence-corrected chi connectivity index (χ0v) is 10.7. The predicted molar refractivity (Wildman–Crippen MR) is 71.8 cm³/mol. The molecule has 0 bridgehead atoms. The fourth-order valence-corrected chi connectivity index (χ4v) is 1.83. The van der Waals surface area contributed by atoms with Gasteiger partial charge in [0.05, 0.1) is 0 Å². The molecule has 1 unspecified atom stereocenters. The maximum absolute atomic E-state index is 3.53. The molecule has 2 nitrogen and oxygen atoms in total. The second-order valence-corrected chi connectivity index (χ2v) is 4.31. The van der Waals surface area contributed by atoms with Crippen LogP contribution in [0, 0.1) is 0 Å². The van der Waals surface area contributed by atoms with E-state index in [4.69, 9.17) is 0 Å². The van der Waals surface area contributed by atoms with Gasteiger partial charge in [-0.2, -0.15) is 0 Å². The van der Waals surface area contributed by atoms with E-state index in [2.05, 4.69) is 55.7 Å². The van der Waals surface area contributed by atoms with Gasteiger partial charge < -0.3 is 10.6 Å². The van der Waals surface area contributed by atoms with Gasteiger partial charge in [0.25, 0.3) is 0 Å². The SMILES string of the molecule is CCCC(C)Nc1cccc(CNCC)c1. The first-order chi connectivity index (χ1) is 7.76. The Kier molecular flexibility index (Phi) is 5.94. The van der Waals surface area contributed by atoms with Gasteiger partial charge in [-0.05, 0) is 37.6 Å². The minimum atomic E-state index is 0.555. The lowest BCUT2D eigenvalue weighted by Gasteiger charge is -2.15. The van der Waals surface area contributed by atoms with Gasteiger partial charge in [0.1, 0.15) is 0 Å². The van der Waals surface area contributed by atoms with E-state index in [-0.39, 0.29) is 0 Å². The zero-order chi connectivity index (χ0) is 11.8. The van der Waals surface area contributed by atoms with E-state index in [0.29, 0.717) is 6.04 Å². The van der Waals surface area contributed by atoms with Crippen LogP contribution in [0.2, 0.25) is 0 Å². The molecule has 0 saturated heterocycles. The molecule has 0 aromatic heterocycles. The van der Waals surface area contributed by atoms with E-state index >= 15 is 0 Å². The Balaban J connectivity index is 2.52. The van der Waals surface area contributed by atoms with Crippen molar-refractivity contribution in [2.75, 3.05) is 11.9 Å². The Labute approximate surface area is 99.5 Å². The van der Waals surface area contributed by atoms with Gasteiger partial charge in [-0.15, -0.1) is 0 Å². The third-order valence-electron chi connectivity index (χ3n) is 2.64. The van der Waals surface area contributed by atoms with Crippen molar-refractivity contribution in [3.8, 4) is 0 Å². The molecule has 1 aromatic rings. The van der Waals surface area contributed by atoms with Crippen LogP contribution in [0.4, 0.5) is 5.69 Å². The summed E-state index contributed by atoms with van der Waals surface area (Å²) in [6.07, 6.45) is 2.45. The van der Waals surface area contributed by atoms with Gasteiger partial charge in [0, 0.05) is 18.3 Å². The standard InChI is InChI=1S/C14H24N2/c1-4-7-12(3)16-14-9-6-8-13(10-14)11-15-5-2/h6,8-10,12,15-16H,4-5,7,11H2,1-3H3.